The van der Waals surface area contributed by atoms with Gasteiger partial charge in [0.25, 0.3) is 0 Å². The molecule has 0 heterocycles. The van der Waals surface area contributed by atoms with Gasteiger partial charge in [0.1, 0.15) is 0 Å². The van der Waals surface area contributed by atoms with E-state index in [-0.39, 0.29) is 8.45 Å². The molecule has 0 aliphatic heterocycles. The number of benzene rings is 2. The molecule has 0 fully saturated rings. The normalized spacial score (nSPS) is 18.5. The van der Waals surface area contributed by atoms with Crippen molar-refractivity contribution >= 4 is 30.3 Å². The molecular formula is C26H26O4SiTi. The van der Waals surface area contributed by atoms with Crippen LogP contribution in [0.2, 0.25) is 13.1 Å². The molecule has 0 saturated heterocycles. The Hall–Kier alpha value is -2.73. The molecular weight excluding hydrogens is 452 g/mol. The van der Waals surface area contributed by atoms with Crippen molar-refractivity contribution in [2.24, 2.45) is 0 Å². The molecule has 0 bridgehead atoms. The summed E-state index contributed by atoms with van der Waals surface area (Å²) < 4.78 is 12.5. The fraction of sp³-hybridized carbons (Fsp3) is 0.154. The third-order valence-electron chi connectivity index (χ3n) is 6.72. The van der Waals surface area contributed by atoms with Crippen molar-refractivity contribution in [2.75, 3.05) is 0 Å². The van der Waals surface area contributed by atoms with Crippen LogP contribution in [0, 0.1) is 0 Å². The maximum absolute atomic E-state index is 13.0. The van der Waals surface area contributed by atoms with E-state index in [0.717, 1.165) is 22.3 Å². The van der Waals surface area contributed by atoms with E-state index in [1.807, 2.05) is 60.7 Å². The maximum atomic E-state index is 13.0. The van der Waals surface area contributed by atoms with Gasteiger partial charge in [0.2, 0.25) is 0 Å². The Morgan fingerprint density at radius 2 is 1.22 bits per heavy atom. The molecule has 162 valence electrons. The number of hydrogen-bond donors (Lipinski definition) is 0. The molecule has 32 heavy (non-hydrogen) atoms. The summed E-state index contributed by atoms with van der Waals surface area (Å²) in [6.07, 6.45) is 9.03. The van der Waals surface area contributed by atoms with E-state index in [1.165, 1.54) is 12.2 Å². The van der Waals surface area contributed by atoms with Gasteiger partial charge in [-0.25, -0.2) is 0 Å². The molecule has 4 nitrogen and oxygen atoms in total. The van der Waals surface area contributed by atoms with Crippen molar-refractivity contribution < 1.29 is 31.0 Å². The van der Waals surface area contributed by atoms with Crippen LogP contribution in [0.15, 0.2) is 86.0 Å². The Labute approximate surface area is 190 Å². The SMILES string of the molecule is C=CC(=O)[O][Ti]([O]C(=O)C=C)([CH]1C=Cc2ccccc21)([CH]1C=Cc2ccccc21)=[Si](C)C. The van der Waals surface area contributed by atoms with Gasteiger partial charge < -0.3 is 0 Å². The number of carbonyl (C=O) groups is 2. The molecule has 2 aromatic rings. The minimum atomic E-state index is -5.16. The zero-order valence-electron chi connectivity index (χ0n) is 18.3. The van der Waals surface area contributed by atoms with Crippen LogP contribution in [0.3, 0.4) is 0 Å². The number of carbonyl (C=O) groups excluding carboxylic acids is 2. The van der Waals surface area contributed by atoms with Crippen molar-refractivity contribution in [1.82, 2.24) is 0 Å². The summed E-state index contributed by atoms with van der Waals surface area (Å²) in [5.74, 6) is -1.11. The minimum absolute atomic E-state index is 0.319. The van der Waals surface area contributed by atoms with E-state index < -0.39 is 32.9 Å². The van der Waals surface area contributed by atoms with Crippen molar-refractivity contribution in [3.63, 3.8) is 0 Å². The molecule has 4 rings (SSSR count). The Bertz CT molecular complexity index is 1190. The first kappa shape index (κ1) is 22.5. The molecule has 0 amide bonds. The van der Waals surface area contributed by atoms with E-state index in [9.17, 15) is 9.59 Å². The molecule has 2 atom stereocenters. The Balaban J connectivity index is 2.16. The van der Waals surface area contributed by atoms with Gasteiger partial charge >= 0.3 is 191 Å². The van der Waals surface area contributed by atoms with E-state index in [2.05, 4.69) is 38.4 Å². The fourth-order valence-electron chi connectivity index (χ4n) is 5.25. The van der Waals surface area contributed by atoms with Gasteiger partial charge in [0.05, 0.1) is 0 Å². The van der Waals surface area contributed by atoms with Crippen molar-refractivity contribution in [3.8, 4) is 0 Å². The summed E-state index contributed by atoms with van der Waals surface area (Å²) in [5.41, 5.74) is 4.16. The van der Waals surface area contributed by atoms with E-state index in [4.69, 9.17) is 6.64 Å². The Morgan fingerprint density at radius 1 is 0.812 bits per heavy atom. The van der Waals surface area contributed by atoms with Gasteiger partial charge in [-0.05, 0) is 0 Å². The molecule has 2 unspecified atom stereocenters. The fourth-order valence-corrected chi connectivity index (χ4v) is 24.7. The number of fused-ring (bicyclic) bond motifs is 2. The molecule has 0 spiro atoms. The third kappa shape index (κ3) is 3.15. The van der Waals surface area contributed by atoms with Gasteiger partial charge in [-0.2, -0.15) is 0 Å². The average Bonchev–Trinajstić information content (AvgIpc) is 3.43. The summed E-state index contributed by atoms with van der Waals surface area (Å²) in [4.78, 5) is 26.0. The number of hydrogen-bond acceptors (Lipinski definition) is 4. The second kappa shape index (κ2) is 8.32. The predicted octanol–water partition coefficient (Wildman–Crippen LogP) is 5.75. The van der Waals surface area contributed by atoms with Crippen LogP contribution in [0.25, 0.3) is 12.2 Å². The van der Waals surface area contributed by atoms with Crippen LogP contribution >= 0.6 is 0 Å². The van der Waals surface area contributed by atoms with Gasteiger partial charge in [-0.15, -0.1) is 0 Å². The standard InChI is InChI=1S/2C9H7.2C3H4O2.C2H6Si.Ti/c2*1-2-5-9-7-3-6-8(9)4-1;2*1-2-3(4)5;1-3-2;/h2*1-7H;2*2H,1H2,(H,4,5);1-2H3;/q;;;;;+2/p-2. The second-order valence-electron chi connectivity index (χ2n) is 8.40. The second-order valence-corrected chi connectivity index (χ2v) is 25.5. The zero-order valence-corrected chi connectivity index (χ0v) is 20.8. The Kier molecular flexibility index (Phi) is 5.84. The van der Waals surface area contributed by atoms with E-state index >= 15 is 0 Å². The van der Waals surface area contributed by atoms with Crippen LogP contribution < -0.4 is 0 Å². The van der Waals surface area contributed by atoms with E-state index in [1.54, 1.807) is 0 Å². The van der Waals surface area contributed by atoms with Crippen LogP contribution in [0.1, 0.15) is 30.7 Å². The molecule has 0 aromatic heterocycles. The summed E-state index contributed by atoms with van der Waals surface area (Å²) >= 11 is -5.16. The van der Waals surface area contributed by atoms with Crippen LogP contribution in [-0.2, 0) is 31.0 Å². The summed E-state index contributed by atoms with van der Waals surface area (Å²) in [6, 6.07) is 16.1. The van der Waals surface area contributed by atoms with E-state index in [0.29, 0.717) is 0 Å². The van der Waals surface area contributed by atoms with Gasteiger partial charge in [0, 0.05) is 0 Å². The molecule has 6 heteroatoms. The Morgan fingerprint density at radius 3 is 1.59 bits per heavy atom. The average molecular weight is 478 g/mol. The quantitative estimate of drug-likeness (QED) is 0.392. The molecule has 2 aromatic carbocycles. The van der Waals surface area contributed by atoms with Crippen molar-refractivity contribution in [3.05, 3.63) is 108 Å². The van der Waals surface area contributed by atoms with Crippen LogP contribution in [0.4, 0.5) is 0 Å². The predicted molar refractivity (Wildman–Crippen MR) is 126 cm³/mol. The van der Waals surface area contributed by atoms with Gasteiger partial charge in [-0.3, -0.25) is 0 Å². The van der Waals surface area contributed by atoms with Crippen LogP contribution in [-0.4, -0.2) is 18.1 Å². The van der Waals surface area contributed by atoms with Crippen molar-refractivity contribution in [1.29, 1.82) is 0 Å². The van der Waals surface area contributed by atoms with Gasteiger partial charge in [-0.1, -0.05) is 0 Å². The number of allylic oxidation sites excluding steroid dienone is 2. The summed E-state index contributed by atoms with van der Waals surface area (Å²) in [5, 5.41) is 0. The molecule has 0 N–H and O–H groups in total. The van der Waals surface area contributed by atoms with Crippen molar-refractivity contribution in [2.45, 2.75) is 21.5 Å². The van der Waals surface area contributed by atoms with Crippen LogP contribution in [0.5, 0.6) is 0 Å². The monoisotopic (exact) mass is 478 g/mol. The number of rotatable bonds is 6. The molecule has 0 saturated carbocycles. The first-order chi connectivity index (χ1) is 15.4. The topological polar surface area (TPSA) is 52.6 Å². The zero-order chi connectivity index (χ0) is 23.0. The molecule has 0 radical (unpaired) electrons. The van der Waals surface area contributed by atoms with Gasteiger partial charge in [0.15, 0.2) is 0 Å². The first-order valence-electron chi connectivity index (χ1n) is 10.6. The first-order valence-corrected chi connectivity index (χ1v) is 18.5. The third-order valence-corrected chi connectivity index (χ3v) is 28.5. The summed E-state index contributed by atoms with van der Waals surface area (Å²) in [7, 11) is 0. The molecule has 2 aliphatic rings. The molecule has 2 aliphatic carbocycles. The summed E-state index contributed by atoms with van der Waals surface area (Å²) in [6.45, 7) is 11.5.